The fourth-order valence-electron chi connectivity index (χ4n) is 0.930. The van der Waals surface area contributed by atoms with Crippen LogP contribution in [0.1, 0.15) is 5.56 Å². The highest BCUT2D eigenvalue weighted by atomic mass is 35.5. The Bertz CT molecular complexity index is 401. The second-order valence-electron chi connectivity index (χ2n) is 2.60. The molecule has 5 heteroatoms. The number of hydrogen-bond donors (Lipinski definition) is 3. The summed E-state index contributed by atoms with van der Waals surface area (Å²) in [5.41, 5.74) is 5.80. The minimum atomic E-state index is -1.11. The quantitative estimate of drug-likeness (QED) is 0.397. The lowest BCUT2D eigenvalue weighted by atomic mass is 10.1. The summed E-state index contributed by atoms with van der Waals surface area (Å²) in [6, 6.07) is 2.81. The summed E-state index contributed by atoms with van der Waals surface area (Å²) in [7, 11) is 0. The van der Waals surface area contributed by atoms with E-state index in [9.17, 15) is 9.90 Å². The molecule has 0 fully saturated rings. The third-order valence-electron chi connectivity index (χ3n) is 1.54. The number of carbonyl (C=O) groups is 1. The standard InChI is InChI=1S/C9H8ClNO3/c10-6-3-5(1-2-8(12)13)9(14)7(11)4-6/h1-4,14H,11H2,(H,12,13). The van der Waals surface area contributed by atoms with Crippen molar-refractivity contribution in [3.05, 3.63) is 28.8 Å². The molecule has 0 atom stereocenters. The zero-order chi connectivity index (χ0) is 10.7. The van der Waals surface area contributed by atoms with Crippen LogP contribution >= 0.6 is 11.6 Å². The van der Waals surface area contributed by atoms with Gasteiger partial charge in [-0.25, -0.2) is 4.79 Å². The smallest absolute Gasteiger partial charge is 0.328 e. The molecule has 74 valence electrons. The molecule has 0 heterocycles. The first-order valence-electron chi connectivity index (χ1n) is 3.69. The van der Waals surface area contributed by atoms with E-state index in [2.05, 4.69) is 0 Å². The topological polar surface area (TPSA) is 83.6 Å². The molecular weight excluding hydrogens is 206 g/mol. The predicted octanol–water partition coefficient (Wildman–Crippen LogP) is 1.73. The molecule has 0 saturated heterocycles. The van der Waals surface area contributed by atoms with Gasteiger partial charge in [0.1, 0.15) is 5.75 Å². The van der Waals surface area contributed by atoms with Gasteiger partial charge in [-0.15, -0.1) is 0 Å². The Hall–Kier alpha value is -1.68. The fraction of sp³-hybridized carbons (Fsp3) is 0. The number of nitrogens with two attached hydrogens (primary N) is 1. The SMILES string of the molecule is Nc1cc(Cl)cc(C=CC(=O)O)c1O. The molecule has 0 amide bonds. The van der Waals surface area contributed by atoms with Gasteiger partial charge in [0.15, 0.2) is 0 Å². The maximum absolute atomic E-state index is 10.2. The zero-order valence-corrected chi connectivity index (χ0v) is 7.82. The highest BCUT2D eigenvalue weighted by Gasteiger charge is 2.04. The molecule has 0 aromatic heterocycles. The summed E-state index contributed by atoms with van der Waals surface area (Å²) in [6.45, 7) is 0. The monoisotopic (exact) mass is 213 g/mol. The van der Waals surface area contributed by atoms with Gasteiger partial charge in [-0.3, -0.25) is 0 Å². The van der Waals surface area contributed by atoms with Gasteiger partial charge >= 0.3 is 5.97 Å². The molecule has 0 bridgehead atoms. The molecule has 0 aliphatic carbocycles. The van der Waals surface area contributed by atoms with Gasteiger partial charge in [-0.2, -0.15) is 0 Å². The largest absolute Gasteiger partial charge is 0.505 e. The fourth-order valence-corrected chi connectivity index (χ4v) is 1.17. The molecular formula is C9H8ClNO3. The van der Waals surface area contributed by atoms with Crippen molar-refractivity contribution in [3.63, 3.8) is 0 Å². The van der Waals surface area contributed by atoms with Crippen LogP contribution in [0.5, 0.6) is 5.75 Å². The van der Waals surface area contributed by atoms with Crippen molar-refractivity contribution >= 4 is 29.3 Å². The van der Waals surface area contributed by atoms with Crippen LogP contribution in [0.15, 0.2) is 18.2 Å². The van der Waals surface area contributed by atoms with Crippen LogP contribution in [0.2, 0.25) is 5.02 Å². The van der Waals surface area contributed by atoms with E-state index >= 15 is 0 Å². The number of carboxylic acids is 1. The van der Waals surface area contributed by atoms with E-state index < -0.39 is 5.97 Å². The molecule has 1 aromatic carbocycles. The maximum Gasteiger partial charge on any atom is 0.328 e. The second kappa shape index (κ2) is 4.02. The van der Waals surface area contributed by atoms with Crippen molar-refractivity contribution in [3.8, 4) is 5.75 Å². The lowest BCUT2D eigenvalue weighted by molar-refractivity contribution is -0.131. The Balaban J connectivity index is 3.14. The van der Waals surface area contributed by atoms with E-state index in [1.165, 1.54) is 18.2 Å². The average molecular weight is 214 g/mol. The van der Waals surface area contributed by atoms with Gasteiger partial charge in [0.25, 0.3) is 0 Å². The first kappa shape index (κ1) is 10.4. The molecule has 1 rings (SSSR count). The molecule has 0 aliphatic heterocycles. The van der Waals surface area contributed by atoms with Crippen LogP contribution in [-0.2, 0) is 4.79 Å². The third-order valence-corrected chi connectivity index (χ3v) is 1.76. The molecule has 0 saturated carbocycles. The van der Waals surface area contributed by atoms with E-state index in [1.54, 1.807) is 0 Å². The summed E-state index contributed by atoms with van der Waals surface area (Å²) in [6.07, 6.45) is 2.12. The van der Waals surface area contributed by atoms with Crippen molar-refractivity contribution in [1.29, 1.82) is 0 Å². The normalized spacial score (nSPS) is 10.6. The van der Waals surface area contributed by atoms with Crippen molar-refractivity contribution in [2.45, 2.75) is 0 Å². The van der Waals surface area contributed by atoms with Gasteiger partial charge < -0.3 is 15.9 Å². The lowest BCUT2D eigenvalue weighted by Gasteiger charge is -2.03. The van der Waals surface area contributed by atoms with Crippen molar-refractivity contribution in [2.75, 3.05) is 5.73 Å². The molecule has 14 heavy (non-hydrogen) atoms. The molecule has 4 nitrogen and oxygen atoms in total. The first-order valence-corrected chi connectivity index (χ1v) is 4.07. The summed E-state index contributed by atoms with van der Waals surface area (Å²) in [5.74, 6) is -1.28. The van der Waals surface area contributed by atoms with Crippen molar-refractivity contribution in [2.24, 2.45) is 0 Å². The van der Waals surface area contributed by atoms with Crippen LogP contribution in [0.25, 0.3) is 6.08 Å². The summed E-state index contributed by atoms with van der Waals surface area (Å²) >= 11 is 5.66. The zero-order valence-electron chi connectivity index (χ0n) is 7.07. The maximum atomic E-state index is 10.2. The summed E-state index contributed by atoms with van der Waals surface area (Å²) in [5, 5.41) is 18.1. The number of aliphatic carboxylic acids is 1. The van der Waals surface area contributed by atoms with E-state index in [0.29, 0.717) is 5.02 Å². The number of phenols is 1. The Morgan fingerprint density at radius 2 is 2.14 bits per heavy atom. The van der Waals surface area contributed by atoms with E-state index in [-0.39, 0.29) is 17.0 Å². The van der Waals surface area contributed by atoms with Crippen LogP contribution < -0.4 is 5.73 Å². The number of nitrogen functional groups attached to an aromatic ring is 1. The molecule has 1 aromatic rings. The molecule has 4 N–H and O–H groups in total. The summed E-state index contributed by atoms with van der Waals surface area (Å²) < 4.78 is 0. The van der Waals surface area contributed by atoms with Crippen LogP contribution in [0.4, 0.5) is 5.69 Å². The minimum absolute atomic E-state index is 0.113. The van der Waals surface area contributed by atoms with E-state index in [0.717, 1.165) is 6.08 Å². The number of halogens is 1. The van der Waals surface area contributed by atoms with E-state index in [4.69, 9.17) is 22.4 Å². The Morgan fingerprint density at radius 1 is 1.50 bits per heavy atom. The van der Waals surface area contributed by atoms with Gasteiger partial charge in [0.2, 0.25) is 0 Å². The Kier molecular flexibility index (Phi) is 2.99. The number of hydrogen-bond acceptors (Lipinski definition) is 3. The molecule has 0 aliphatic rings. The van der Waals surface area contributed by atoms with Crippen molar-refractivity contribution < 1.29 is 15.0 Å². The number of phenolic OH excluding ortho intramolecular Hbond substituents is 1. The van der Waals surface area contributed by atoms with E-state index in [1.807, 2.05) is 0 Å². The van der Waals surface area contributed by atoms with Gasteiger partial charge in [-0.1, -0.05) is 11.6 Å². The number of benzene rings is 1. The minimum Gasteiger partial charge on any atom is -0.505 e. The van der Waals surface area contributed by atoms with Gasteiger partial charge in [-0.05, 0) is 18.2 Å². The van der Waals surface area contributed by atoms with Gasteiger partial charge in [0.05, 0.1) is 5.69 Å². The number of aromatic hydroxyl groups is 1. The highest BCUT2D eigenvalue weighted by Crippen LogP contribution is 2.29. The number of carboxylic acid groups (broad SMARTS) is 1. The first-order chi connectivity index (χ1) is 6.50. The number of rotatable bonds is 2. The molecule has 0 radical (unpaired) electrons. The summed E-state index contributed by atoms with van der Waals surface area (Å²) in [4.78, 5) is 10.2. The van der Waals surface area contributed by atoms with Crippen molar-refractivity contribution in [1.82, 2.24) is 0 Å². The number of anilines is 1. The van der Waals surface area contributed by atoms with Gasteiger partial charge in [0, 0.05) is 16.7 Å². The molecule has 0 spiro atoms. The lowest BCUT2D eigenvalue weighted by Crippen LogP contribution is -1.89. The molecule has 0 unspecified atom stereocenters. The predicted molar refractivity (Wildman–Crippen MR) is 54.2 cm³/mol. The Labute approximate surface area is 85.2 Å². The third kappa shape index (κ3) is 2.40. The van der Waals surface area contributed by atoms with Crippen LogP contribution in [0, 0.1) is 0 Å². The van der Waals surface area contributed by atoms with Crippen LogP contribution in [-0.4, -0.2) is 16.2 Å². The second-order valence-corrected chi connectivity index (χ2v) is 3.04. The van der Waals surface area contributed by atoms with Crippen LogP contribution in [0.3, 0.4) is 0 Å². The Morgan fingerprint density at radius 3 is 2.71 bits per heavy atom. The highest BCUT2D eigenvalue weighted by molar-refractivity contribution is 6.31. The average Bonchev–Trinajstić information content (AvgIpc) is 2.08.